The predicted octanol–water partition coefficient (Wildman–Crippen LogP) is 4.20. The molecule has 100 valence electrons. The Labute approximate surface area is 114 Å². The zero-order valence-corrected chi connectivity index (χ0v) is 11.4. The van der Waals surface area contributed by atoms with Gasteiger partial charge >= 0.3 is 0 Å². The van der Waals surface area contributed by atoms with Gasteiger partial charge in [0.15, 0.2) is 0 Å². The van der Waals surface area contributed by atoms with Gasteiger partial charge in [-0.15, -0.1) is 0 Å². The molecule has 0 bridgehead atoms. The van der Waals surface area contributed by atoms with Crippen LogP contribution < -0.4 is 0 Å². The number of hydrogen-bond donors (Lipinski definition) is 2. The van der Waals surface area contributed by atoms with Crippen molar-refractivity contribution in [3.63, 3.8) is 0 Å². The number of aromatic hydroxyl groups is 2. The minimum absolute atomic E-state index is 0.247. The summed E-state index contributed by atoms with van der Waals surface area (Å²) in [5.74, 6) is 0.911. The molecule has 2 heteroatoms. The standard InChI is InChI=1S/C17H20O2/c1-3-4-15-11-14(7-10-17(15)19)12(2)13-5-8-16(18)9-6-13/h5-12,18-19H,3-4H2,1-2H3. The fourth-order valence-corrected chi connectivity index (χ4v) is 2.30. The third kappa shape index (κ3) is 3.08. The molecule has 0 fully saturated rings. The summed E-state index contributed by atoms with van der Waals surface area (Å²) in [5, 5.41) is 19.1. The van der Waals surface area contributed by atoms with E-state index in [-0.39, 0.29) is 11.7 Å². The third-order valence-corrected chi connectivity index (χ3v) is 3.52. The van der Waals surface area contributed by atoms with Crippen molar-refractivity contribution in [3.05, 3.63) is 59.2 Å². The molecule has 0 radical (unpaired) electrons. The van der Waals surface area contributed by atoms with Crippen molar-refractivity contribution in [1.29, 1.82) is 0 Å². The molecule has 0 aromatic heterocycles. The summed E-state index contributed by atoms with van der Waals surface area (Å²) in [6, 6.07) is 13.1. The molecule has 2 aromatic rings. The summed E-state index contributed by atoms with van der Waals surface area (Å²) >= 11 is 0. The van der Waals surface area contributed by atoms with Crippen LogP contribution in [-0.2, 0) is 6.42 Å². The molecule has 0 aliphatic rings. The number of phenols is 2. The Kier molecular flexibility index (Phi) is 4.10. The molecule has 19 heavy (non-hydrogen) atoms. The minimum Gasteiger partial charge on any atom is -0.508 e. The van der Waals surface area contributed by atoms with E-state index in [9.17, 15) is 10.2 Å². The topological polar surface area (TPSA) is 40.5 Å². The fourth-order valence-electron chi connectivity index (χ4n) is 2.30. The summed E-state index contributed by atoms with van der Waals surface area (Å²) in [6.45, 7) is 4.24. The molecular weight excluding hydrogens is 236 g/mol. The quantitative estimate of drug-likeness (QED) is 0.860. The molecule has 0 saturated heterocycles. The zero-order chi connectivity index (χ0) is 13.8. The highest BCUT2D eigenvalue weighted by Crippen LogP contribution is 2.29. The minimum atomic E-state index is 0.247. The van der Waals surface area contributed by atoms with Gasteiger partial charge in [-0.2, -0.15) is 0 Å². The number of rotatable bonds is 4. The van der Waals surface area contributed by atoms with Crippen molar-refractivity contribution >= 4 is 0 Å². The lowest BCUT2D eigenvalue weighted by Crippen LogP contribution is -1.97. The van der Waals surface area contributed by atoms with Crippen LogP contribution in [0.25, 0.3) is 0 Å². The van der Waals surface area contributed by atoms with Gasteiger partial charge in [-0.05, 0) is 41.3 Å². The SMILES string of the molecule is CCCc1cc(C(C)c2ccc(O)cc2)ccc1O. The Morgan fingerprint density at radius 1 is 0.947 bits per heavy atom. The predicted molar refractivity (Wildman–Crippen MR) is 77.7 cm³/mol. The van der Waals surface area contributed by atoms with Gasteiger partial charge in [0.1, 0.15) is 11.5 Å². The molecule has 2 aromatic carbocycles. The number of benzene rings is 2. The normalized spacial score (nSPS) is 12.3. The van der Waals surface area contributed by atoms with E-state index in [1.54, 1.807) is 18.2 Å². The van der Waals surface area contributed by atoms with E-state index < -0.39 is 0 Å². The molecule has 0 spiro atoms. The maximum absolute atomic E-state index is 9.82. The average Bonchev–Trinajstić information content (AvgIpc) is 2.41. The van der Waals surface area contributed by atoms with Crippen LogP contribution >= 0.6 is 0 Å². The van der Waals surface area contributed by atoms with Gasteiger partial charge in [0.25, 0.3) is 0 Å². The number of phenolic OH excluding ortho intramolecular Hbond substituents is 2. The van der Waals surface area contributed by atoms with Crippen LogP contribution in [0.15, 0.2) is 42.5 Å². The summed E-state index contributed by atoms with van der Waals surface area (Å²) in [4.78, 5) is 0. The van der Waals surface area contributed by atoms with Crippen LogP contribution in [0.5, 0.6) is 11.5 Å². The number of hydrogen-bond acceptors (Lipinski definition) is 2. The first-order chi connectivity index (χ1) is 9.11. The van der Waals surface area contributed by atoms with Gasteiger partial charge in [0.2, 0.25) is 0 Å². The Morgan fingerprint density at radius 3 is 2.21 bits per heavy atom. The van der Waals surface area contributed by atoms with Crippen LogP contribution in [0.3, 0.4) is 0 Å². The smallest absolute Gasteiger partial charge is 0.118 e. The molecule has 0 aliphatic heterocycles. The largest absolute Gasteiger partial charge is 0.508 e. The highest BCUT2D eigenvalue weighted by molar-refractivity contribution is 5.41. The van der Waals surface area contributed by atoms with Crippen LogP contribution in [0.2, 0.25) is 0 Å². The Morgan fingerprint density at radius 2 is 1.58 bits per heavy atom. The second-order valence-electron chi connectivity index (χ2n) is 4.95. The molecule has 2 rings (SSSR count). The molecule has 0 aliphatic carbocycles. The van der Waals surface area contributed by atoms with Crippen LogP contribution in [0, 0.1) is 0 Å². The first-order valence-corrected chi connectivity index (χ1v) is 6.72. The van der Waals surface area contributed by atoms with E-state index in [1.165, 1.54) is 5.56 Å². The average molecular weight is 256 g/mol. The van der Waals surface area contributed by atoms with Crippen molar-refractivity contribution in [2.75, 3.05) is 0 Å². The zero-order valence-electron chi connectivity index (χ0n) is 11.4. The molecule has 0 saturated carbocycles. The highest BCUT2D eigenvalue weighted by atomic mass is 16.3. The van der Waals surface area contributed by atoms with Crippen LogP contribution in [0.4, 0.5) is 0 Å². The molecule has 1 atom stereocenters. The van der Waals surface area contributed by atoms with E-state index in [0.717, 1.165) is 24.0 Å². The van der Waals surface area contributed by atoms with Crippen molar-refractivity contribution in [2.24, 2.45) is 0 Å². The molecular formula is C17H20O2. The summed E-state index contributed by atoms with van der Waals surface area (Å²) < 4.78 is 0. The van der Waals surface area contributed by atoms with Crippen LogP contribution in [0.1, 0.15) is 42.9 Å². The molecule has 0 heterocycles. The Bertz CT molecular complexity index is 544. The molecule has 2 N–H and O–H groups in total. The van der Waals surface area contributed by atoms with E-state index in [0.29, 0.717) is 5.75 Å². The van der Waals surface area contributed by atoms with Gasteiger partial charge in [0.05, 0.1) is 0 Å². The second-order valence-corrected chi connectivity index (χ2v) is 4.95. The van der Waals surface area contributed by atoms with E-state index >= 15 is 0 Å². The van der Waals surface area contributed by atoms with Gasteiger partial charge in [-0.3, -0.25) is 0 Å². The van der Waals surface area contributed by atoms with Crippen molar-refractivity contribution < 1.29 is 10.2 Å². The highest BCUT2D eigenvalue weighted by Gasteiger charge is 2.10. The molecule has 1 unspecified atom stereocenters. The number of aryl methyl sites for hydroxylation is 1. The second kappa shape index (κ2) is 5.79. The summed E-state index contributed by atoms with van der Waals surface area (Å²) in [5.41, 5.74) is 3.35. The van der Waals surface area contributed by atoms with Gasteiger partial charge in [-0.25, -0.2) is 0 Å². The Balaban J connectivity index is 2.30. The third-order valence-electron chi connectivity index (χ3n) is 3.52. The maximum Gasteiger partial charge on any atom is 0.118 e. The van der Waals surface area contributed by atoms with E-state index in [2.05, 4.69) is 19.9 Å². The van der Waals surface area contributed by atoms with Crippen molar-refractivity contribution in [3.8, 4) is 11.5 Å². The lowest BCUT2D eigenvalue weighted by atomic mass is 9.91. The van der Waals surface area contributed by atoms with Crippen molar-refractivity contribution in [2.45, 2.75) is 32.6 Å². The van der Waals surface area contributed by atoms with Gasteiger partial charge in [0, 0.05) is 5.92 Å². The van der Waals surface area contributed by atoms with Crippen molar-refractivity contribution in [1.82, 2.24) is 0 Å². The van der Waals surface area contributed by atoms with Gasteiger partial charge < -0.3 is 10.2 Å². The molecule has 2 nitrogen and oxygen atoms in total. The van der Waals surface area contributed by atoms with Crippen LogP contribution in [-0.4, -0.2) is 10.2 Å². The Hall–Kier alpha value is -1.96. The van der Waals surface area contributed by atoms with E-state index in [4.69, 9.17) is 0 Å². The fraction of sp³-hybridized carbons (Fsp3) is 0.294. The summed E-state index contributed by atoms with van der Waals surface area (Å²) in [6.07, 6.45) is 1.91. The monoisotopic (exact) mass is 256 g/mol. The first-order valence-electron chi connectivity index (χ1n) is 6.72. The lowest BCUT2D eigenvalue weighted by molar-refractivity contribution is 0.467. The molecule has 0 amide bonds. The first kappa shape index (κ1) is 13.5. The summed E-state index contributed by atoms with van der Waals surface area (Å²) in [7, 11) is 0. The van der Waals surface area contributed by atoms with E-state index in [1.807, 2.05) is 18.2 Å². The lowest BCUT2D eigenvalue weighted by Gasteiger charge is -2.14. The van der Waals surface area contributed by atoms with Gasteiger partial charge in [-0.1, -0.05) is 44.5 Å². The maximum atomic E-state index is 9.82.